The van der Waals surface area contributed by atoms with Crippen LogP contribution in [0.3, 0.4) is 0 Å². The fraction of sp³-hybridized carbons (Fsp3) is 0.462. The van der Waals surface area contributed by atoms with Gasteiger partial charge < -0.3 is 10.2 Å². The molecule has 2 heterocycles. The first-order chi connectivity index (χ1) is 9.51. The number of aryl methyl sites for hydroxylation is 1. The molecule has 2 rings (SSSR count). The average molecular weight is 313 g/mol. The minimum atomic E-state index is -0.0239. The number of hydrogen-bond acceptors (Lipinski definition) is 5. The quantitative estimate of drug-likeness (QED) is 0.862. The number of carbonyl (C=O) groups excluding carboxylic acids is 1. The third-order valence-electron chi connectivity index (χ3n) is 2.78. The van der Waals surface area contributed by atoms with Crippen LogP contribution in [0.1, 0.15) is 18.2 Å². The standard InChI is InChI=1S/C13H17ClN4OS/c1-4-5-15-10(19)7-18(3)11-9-6-8(2)20-12(9)17-13(14)16-11/h6H,4-5,7H2,1-3H3,(H,15,19). The van der Waals surface area contributed by atoms with Crippen molar-refractivity contribution in [3.05, 3.63) is 16.2 Å². The number of nitrogens with zero attached hydrogens (tertiary/aromatic N) is 3. The Bertz CT molecular complexity index is 628. The van der Waals surface area contributed by atoms with Crippen molar-refractivity contribution in [1.82, 2.24) is 15.3 Å². The number of hydrogen-bond donors (Lipinski definition) is 1. The van der Waals surface area contributed by atoms with Gasteiger partial charge in [0.1, 0.15) is 10.6 Å². The number of nitrogens with one attached hydrogen (secondary N) is 1. The van der Waals surface area contributed by atoms with E-state index in [1.165, 1.54) is 0 Å². The fourth-order valence-corrected chi connectivity index (χ4v) is 2.99. The van der Waals surface area contributed by atoms with Gasteiger partial charge in [-0.05, 0) is 31.0 Å². The van der Waals surface area contributed by atoms with E-state index >= 15 is 0 Å². The number of fused-ring (bicyclic) bond motifs is 1. The van der Waals surface area contributed by atoms with E-state index in [-0.39, 0.29) is 17.7 Å². The van der Waals surface area contributed by atoms with Crippen LogP contribution >= 0.6 is 22.9 Å². The highest BCUT2D eigenvalue weighted by atomic mass is 35.5. The summed E-state index contributed by atoms with van der Waals surface area (Å²) < 4.78 is 0. The molecule has 0 saturated carbocycles. The lowest BCUT2D eigenvalue weighted by atomic mass is 10.3. The molecule has 1 amide bonds. The van der Waals surface area contributed by atoms with Crippen LogP contribution in [0.5, 0.6) is 0 Å². The SMILES string of the molecule is CCCNC(=O)CN(C)c1nc(Cl)nc2sc(C)cc12. The Labute approximate surface area is 127 Å². The van der Waals surface area contributed by atoms with E-state index in [4.69, 9.17) is 11.6 Å². The predicted molar refractivity (Wildman–Crippen MR) is 83.7 cm³/mol. The maximum absolute atomic E-state index is 11.8. The second kappa shape index (κ2) is 6.37. The van der Waals surface area contributed by atoms with Crippen molar-refractivity contribution >= 4 is 44.9 Å². The summed E-state index contributed by atoms with van der Waals surface area (Å²) in [5, 5.41) is 3.98. The van der Waals surface area contributed by atoms with Gasteiger partial charge in [-0.1, -0.05) is 6.92 Å². The molecule has 0 unspecified atom stereocenters. The van der Waals surface area contributed by atoms with Gasteiger partial charge in [-0.3, -0.25) is 4.79 Å². The largest absolute Gasteiger partial charge is 0.355 e. The van der Waals surface area contributed by atoms with Crippen LogP contribution < -0.4 is 10.2 Å². The summed E-state index contributed by atoms with van der Waals surface area (Å²) in [5.74, 6) is 0.667. The van der Waals surface area contributed by atoms with Crippen molar-refractivity contribution < 1.29 is 4.79 Å². The zero-order chi connectivity index (χ0) is 14.7. The second-order valence-corrected chi connectivity index (χ2v) is 6.17. The molecule has 0 aliphatic carbocycles. The van der Waals surface area contributed by atoms with E-state index in [1.54, 1.807) is 16.2 Å². The Hall–Kier alpha value is -1.40. The van der Waals surface area contributed by atoms with Crippen LogP contribution in [0.15, 0.2) is 6.07 Å². The molecular formula is C13H17ClN4OS. The summed E-state index contributed by atoms with van der Waals surface area (Å²) in [6.45, 7) is 4.96. The number of halogens is 1. The summed E-state index contributed by atoms with van der Waals surface area (Å²) in [5.41, 5.74) is 0. The summed E-state index contributed by atoms with van der Waals surface area (Å²) in [4.78, 5) is 24.0. The Morgan fingerprint density at radius 1 is 1.50 bits per heavy atom. The first-order valence-electron chi connectivity index (χ1n) is 6.42. The lowest BCUT2D eigenvalue weighted by Gasteiger charge is -2.18. The van der Waals surface area contributed by atoms with E-state index in [1.807, 2.05) is 27.0 Å². The number of rotatable bonds is 5. The summed E-state index contributed by atoms with van der Waals surface area (Å²) in [6, 6.07) is 2.02. The number of anilines is 1. The fourth-order valence-electron chi connectivity index (χ4n) is 1.90. The highest BCUT2D eigenvalue weighted by Gasteiger charge is 2.15. The van der Waals surface area contributed by atoms with Gasteiger partial charge in [0, 0.05) is 18.5 Å². The van der Waals surface area contributed by atoms with E-state index in [0.717, 1.165) is 21.5 Å². The smallest absolute Gasteiger partial charge is 0.239 e. The van der Waals surface area contributed by atoms with E-state index in [9.17, 15) is 4.79 Å². The van der Waals surface area contributed by atoms with Crippen LogP contribution in [-0.2, 0) is 4.79 Å². The molecule has 0 saturated heterocycles. The summed E-state index contributed by atoms with van der Waals surface area (Å²) in [6.07, 6.45) is 0.919. The molecule has 0 atom stereocenters. The van der Waals surface area contributed by atoms with Gasteiger partial charge in [-0.15, -0.1) is 11.3 Å². The molecule has 0 aliphatic heterocycles. The van der Waals surface area contributed by atoms with Gasteiger partial charge in [-0.2, -0.15) is 4.98 Å². The Kier molecular flexibility index (Phi) is 4.77. The highest BCUT2D eigenvalue weighted by molar-refractivity contribution is 7.18. The molecule has 0 aliphatic rings. The monoisotopic (exact) mass is 312 g/mol. The minimum Gasteiger partial charge on any atom is -0.355 e. The van der Waals surface area contributed by atoms with Crippen molar-refractivity contribution in [2.75, 3.05) is 25.0 Å². The van der Waals surface area contributed by atoms with Gasteiger partial charge in [0.05, 0.1) is 11.9 Å². The van der Waals surface area contributed by atoms with Gasteiger partial charge in [0.15, 0.2) is 0 Å². The molecule has 0 fully saturated rings. The Morgan fingerprint density at radius 2 is 2.25 bits per heavy atom. The Morgan fingerprint density at radius 3 is 2.95 bits per heavy atom. The van der Waals surface area contributed by atoms with Gasteiger partial charge in [-0.25, -0.2) is 4.98 Å². The van der Waals surface area contributed by atoms with Crippen LogP contribution in [0.4, 0.5) is 5.82 Å². The number of amides is 1. The maximum atomic E-state index is 11.8. The molecule has 2 aromatic rings. The first-order valence-corrected chi connectivity index (χ1v) is 7.62. The van der Waals surface area contributed by atoms with Gasteiger partial charge in [0.25, 0.3) is 0 Å². The second-order valence-electron chi connectivity index (χ2n) is 4.60. The van der Waals surface area contributed by atoms with Crippen molar-refractivity contribution in [2.45, 2.75) is 20.3 Å². The lowest BCUT2D eigenvalue weighted by Crippen LogP contribution is -2.35. The first kappa shape index (κ1) is 15.0. The molecule has 20 heavy (non-hydrogen) atoms. The minimum absolute atomic E-state index is 0.0239. The molecule has 5 nitrogen and oxygen atoms in total. The van der Waals surface area contributed by atoms with Gasteiger partial charge >= 0.3 is 0 Å². The average Bonchev–Trinajstić information content (AvgIpc) is 2.75. The zero-order valence-corrected chi connectivity index (χ0v) is 13.3. The van der Waals surface area contributed by atoms with Gasteiger partial charge in [0.2, 0.25) is 11.2 Å². The van der Waals surface area contributed by atoms with Crippen molar-refractivity contribution in [1.29, 1.82) is 0 Å². The summed E-state index contributed by atoms with van der Waals surface area (Å²) in [7, 11) is 1.83. The van der Waals surface area contributed by atoms with Crippen LogP contribution in [-0.4, -0.2) is 36.0 Å². The topological polar surface area (TPSA) is 58.1 Å². The van der Waals surface area contributed by atoms with Crippen molar-refractivity contribution in [3.8, 4) is 0 Å². The number of thiophene rings is 1. The van der Waals surface area contributed by atoms with E-state index in [2.05, 4.69) is 15.3 Å². The number of carbonyl (C=O) groups is 1. The van der Waals surface area contributed by atoms with E-state index in [0.29, 0.717) is 12.4 Å². The Balaban J connectivity index is 2.25. The van der Waals surface area contributed by atoms with Crippen LogP contribution in [0.2, 0.25) is 5.28 Å². The molecule has 7 heteroatoms. The molecule has 0 radical (unpaired) electrons. The molecule has 1 N–H and O–H groups in total. The molecule has 0 bridgehead atoms. The third-order valence-corrected chi connectivity index (χ3v) is 3.90. The number of aromatic nitrogens is 2. The molecular weight excluding hydrogens is 296 g/mol. The molecule has 0 spiro atoms. The highest BCUT2D eigenvalue weighted by Crippen LogP contribution is 2.30. The van der Waals surface area contributed by atoms with E-state index < -0.39 is 0 Å². The van der Waals surface area contributed by atoms with Crippen molar-refractivity contribution in [2.24, 2.45) is 0 Å². The molecule has 2 aromatic heterocycles. The predicted octanol–water partition coefficient (Wildman–Crippen LogP) is 2.62. The normalized spacial score (nSPS) is 10.8. The lowest BCUT2D eigenvalue weighted by molar-refractivity contribution is -0.119. The third kappa shape index (κ3) is 3.37. The van der Waals surface area contributed by atoms with Crippen LogP contribution in [0.25, 0.3) is 10.2 Å². The molecule has 108 valence electrons. The van der Waals surface area contributed by atoms with Crippen molar-refractivity contribution in [3.63, 3.8) is 0 Å². The summed E-state index contributed by atoms with van der Waals surface area (Å²) >= 11 is 7.52. The maximum Gasteiger partial charge on any atom is 0.239 e. The number of likely N-dealkylation sites (N-methyl/N-ethyl adjacent to an activating group) is 1. The zero-order valence-electron chi connectivity index (χ0n) is 11.7. The van der Waals surface area contributed by atoms with Crippen LogP contribution in [0, 0.1) is 6.92 Å². The molecule has 0 aromatic carbocycles.